The average Bonchev–Trinajstić information content (AvgIpc) is 3.06. The van der Waals surface area contributed by atoms with Crippen molar-refractivity contribution in [1.82, 2.24) is 9.71 Å². The lowest BCUT2D eigenvalue weighted by molar-refractivity contribution is -0.116. The van der Waals surface area contributed by atoms with E-state index in [2.05, 4.69) is 15.0 Å². The summed E-state index contributed by atoms with van der Waals surface area (Å²) in [5.74, 6) is 0.788. The zero-order valence-electron chi connectivity index (χ0n) is 13.6. The molecule has 0 aliphatic rings. The molecule has 0 saturated heterocycles. The summed E-state index contributed by atoms with van der Waals surface area (Å²) >= 11 is 2.55. The molecule has 1 aromatic heterocycles. The predicted molar refractivity (Wildman–Crippen MR) is 101 cm³/mol. The highest BCUT2D eigenvalue weighted by Crippen LogP contribution is 2.27. The molecule has 1 amide bonds. The first-order chi connectivity index (χ1) is 11.7. The molecule has 24 heavy (non-hydrogen) atoms. The van der Waals surface area contributed by atoms with Crippen LogP contribution in [0.25, 0.3) is 11.3 Å². The van der Waals surface area contributed by atoms with Gasteiger partial charge in [0.15, 0.2) is 5.13 Å². The second-order valence-corrected chi connectivity index (χ2v) is 6.52. The Bertz CT molecular complexity index is 649. The Labute approximate surface area is 150 Å². The van der Waals surface area contributed by atoms with Crippen LogP contribution >= 0.6 is 23.5 Å². The maximum absolute atomic E-state index is 11.9. The molecule has 0 aliphatic carbocycles. The molecule has 0 saturated carbocycles. The summed E-state index contributed by atoms with van der Waals surface area (Å²) in [5.41, 5.74) is 1.80. The molecule has 1 aromatic carbocycles. The van der Waals surface area contributed by atoms with Crippen LogP contribution in [0.1, 0.15) is 25.7 Å². The number of benzene rings is 1. The van der Waals surface area contributed by atoms with Gasteiger partial charge in [-0.2, -0.15) is 0 Å². The minimum atomic E-state index is 0.00250. The molecule has 0 unspecified atom stereocenters. The van der Waals surface area contributed by atoms with Crippen molar-refractivity contribution in [2.45, 2.75) is 25.7 Å². The van der Waals surface area contributed by atoms with Crippen LogP contribution in [0.2, 0.25) is 0 Å². The first kappa shape index (κ1) is 18.7. The summed E-state index contributed by atoms with van der Waals surface area (Å²) in [4.78, 5) is 16.4. The van der Waals surface area contributed by atoms with Crippen molar-refractivity contribution in [3.05, 3.63) is 29.6 Å². The fourth-order valence-corrected chi connectivity index (χ4v) is 3.14. The molecular formula is C16H22N4O2S2. The number of hydrogen-bond donors (Lipinski definition) is 3. The van der Waals surface area contributed by atoms with Gasteiger partial charge < -0.3 is 10.1 Å². The SMILES string of the molecule is COc1cccc(-c2csc(NC(=O)CCCCCNSN)n2)c1. The summed E-state index contributed by atoms with van der Waals surface area (Å²) in [5, 5.41) is 10.7. The second-order valence-electron chi connectivity index (χ2n) is 5.14. The molecule has 2 aromatic rings. The number of hydrogen-bond acceptors (Lipinski definition) is 7. The van der Waals surface area contributed by atoms with E-state index in [1.807, 2.05) is 29.6 Å². The molecule has 4 N–H and O–H groups in total. The summed E-state index contributed by atoms with van der Waals surface area (Å²) in [6.45, 7) is 0.860. The second kappa shape index (κ2) is 10.3. The molecule has 0 radical (unpaired) electrons. The summed E-state index contributed by atoms with van der Waals surface area (Å²) in [6, 6.07) is 7.70. The minimum absolute atomic E-state index is 0.00250. The quantitative estimate of drug-likeness (QED) is 0.441. The van der Waals surface area contributed by atoms with E-state index in [9.17, 15) is 4.79 Å². The van der Waals surface area contributed by atoms with E-state index in [0.717, 1.165) is 54.9 Å². The molecule has 0 fully saturated rings. The Kier molecular flexibility index (Phi) is 8.03. The lowest BCUT2D eigenvalue weighted by Crippen LogP contribution is -2.12. The molecule has 0 aliphatic heterocycles. The van der Waals surface area contributed by atoms with Crippen molar-refractivity contribution in [2.24, 2.45) is 5.14 Å². The lowest BCUT2D eigenvalue weighted by Gasteiger charge is -2.03. The van der Waals surface area contributed by atoms with Crippen molar-refractivity contribution in [1.29, 1.82) is 0 Å². The van der Waals surface area contributed by atoms with Crippen molar-refractivity contribution in [3.63, 3.8) is 0 Å². The fourth-order valence-electron chi connectivity index (χ4n) is 2.15. The van der Waals surface area contributed by atoms with Gasteiger partial charge >= 0.3 is 0 Å². The third kappa shape index (κ3) is 6.12. The van der Waals surface area contributed by atoms with Gasteiger partial charge in [0.25, 0.3) is 0 Å². The van der Waals surface area contributed by atoms with Crippen LogP contribution < -0.4 is 19.9 Å². The maximum Gasteiger partial charge on any atom is 0.226 e. The van der Waals surface area contributed by atoms with Crippen LogP contribution in [0.3, 0.4) is 0 Å². The number of nitrogens with two attached hydrogens (primary N) is 1. The molecule has 0 atom stereocenters. The van der Waals surface area contributed by atoms with Crippen LogP contribution in [-0.2, 0) is 4.79 Å². The van der Waals surface area contributed by atoms with Crippen molar-refractivity contribution >= 4 is 34.5 Å². The smallest absolute Gasteiger partial charge is 0.226 e. The monoisotopic (exact) mass is 366 g/mol. The van der Waals surface area contributed by atoms with Gasteiger partial charge in [0.1, 0.15) is 5.75 Å². The van der Waals surface area contributed by atoms with E-state index in [4.69, 9.17) is 9.88 Å². The number of amides is 1. The Hall–Kier alpha value is -1.61. The minimum Gasteiger partial charge on any atom is -0.497 e. The van der Waals surface area contributed by atoms with Gasteiger partial charge in [-0.3, -0.25) is 14.7 Å². The van der Waals surface area contributed by atoms with Crippen molar-refractivity contribution in [3.8, 4) is 17.0 Å². The lowest BCUT2D eigenvalue weighted by atomic mass is 10.2. The first-order valence-corrected chi connectivity index (χ1v) is 9.47. The highest BCUT2D eigenvalue weighted by atomic mass is 32.2. The number of ether oxygens (including phenoxy) is 1. The van der Waals surface area contributed by atoms with Crippen LogP contribution in [0.4, 0.5) is 5.13 Å². The standard InChI is InChI=1S/C16H22N4O2S2/c1-22-13-7-5-6-12(10-13)14-11-23-16(19-14)20-15(21)8-3-2-4-9-18-24-17/h5-7,10-11,18H,2-4,8-9,17H2,1H3,(H,19,20,21). The summed E-state index contributed by atoms with van der Waals surface area (Å²) in [7, 11) is 1.64. The van der Waals surface area contributed by atoms with Gasteiger partial charge in [0, 0.05) is 36.0 Å². The number of unbranched alkanes of at least 4 members (excludes halogenated alkanes) is 2. The highest BCUT2D eigenvalue weighted by molar-refractivity contribution is 7.95. The Morgan fingerprint density at radius 2 is 2.25 bits per heavy atom. The van der Waals surface area contributed by atoms with E-state index < -0.39 is 0 Å². The molecule has 2 rings (SSSR count). The summed E-state index contributed by atoms with van der Waals surface area (Å²) < 4.78 is 8.20. The van der Waals surface area contributed by atoms with E-state index in [1.54, 1.807) is 7.11 Å². The van der Waals surface area contributed by atoms with E-state index >= 15 is 0 Å². The zero-order valence-corrected chi connectivity index (χ0v) is 15.2. The van der Waals surface area contributed by atoms with Gasteiger partial charge in [0.2, 0.25) is 5.91 Å². The Morgan fingerprint density at radius 1 is 1.38 bits per heavy atom. The molecule has 130 valence electrons. The van der Waals surface area contributed by atoms with E-state index in [1.165, 1.54) is 11.3 Å². The largest absolute Gasteiger partial charge is 0.497 e. The third-order valence-corrected chi connectivity index (χ3v) is 4.51. The molecule has 0 bridgehead atoms. The van der Waals surface area contributed by atoms with Crippen LogP contribution in [0.5, 0.6) is 5.75 Å². The maximum atomic E-state index is 11.9. The molecule has 1 heterocycles. The molecule has 6 nitrogen and oxygen atoms in total. The van der Waals surface area contributed by atoms with Gasteiger partial charge in [-0.1, -0.05) is 18.6 Å². The van der Waals surface area contributed by atoms with Crippen molar-refractivity contribution in [2.75, 3.05) is 19.0 Å². The molecule has 8 heteroatoms. The highest BCUT2D eigenvalue weighted by Gasteiger charge is 2.08. The van der Waals surface area contributed by atoms with Gasteiger partial charge in [-0.05, 0) is 25.0 Å². The van der Waals surface area contributed by atoms with Gasteiger partial charge in [-0.15, -0.1) is 11.3 Å². The number of thiazole rings is 1. The predicted octanol–water partition coefficient (Wildman–Crippen LogP) is 3.43. The van der Waals surface area contributed by atoms with Crippen LogP contribution in [0.15, 0.2) is 29.6 Å². The number of anilines is 1. The van der Waals surface area contributed by atoms with Crippen LogP contribution in [0, 0.1) is 0 Å². The molecule has 0 spiro atoms. The number of nitrogens with zero attached hydrogens (tertiary/aromatic N) is 1. The number of aromatic nitrogens is 1. The number of rotatable bonds is 10. The first-order valence-electron chi connectivity index (χ1n) is 7.71. The van der Waals surface area contributed by atoms with Crippen LogP contribution in [-0.4, -0.2) is 24.5 Å². The Balaban J connectivity index is 1.79. The number of carbonyl (C=O) groups excluding carboxylic acids is 1. The summed E-state index contributed by atoms with van der Waals surface area (Å²) in [6.07, 6.45) is 3.36. The number of methoxy groups -OCH3 is 1. The normalized spacial score (nSPS) is 10.6. The average molecular weight is 367 g/mol. The Morgan fingerprint density at radius 3 is 3.04 bits per heavy atom. The number of carbonyl (C=O) groups is 1. The fraction of sp³-hybridized carbons (Fsp3) is 0.375. The van der Waals surface area contributed by atoms with E-state index in [0.29, 0.717) is 11.6 Å². The van der Waals surface area contributed by atoms with E-state index in [-0.39, 0.29) is 5.91 Å². The van der Waals surface area contributed by atoms with Gasteiger partial charge in [0.05, 0.1) is 12.8 Å². The topological polar surface area (TPSA) is 89.3 Å². The zero-order chi connectivity index (χ0) is 17.2. The molecular weight excluding hydrogens is 344 g/mol. The van der Waals surface area contributed by atoms with Crippen molar-refractivity contribution < 1.29 is 9.53 Å². The van der Waals surface area contributed by atoms with Gasteiger partial charge in [-0.25, -0.2) is 4.98 Å². The number of nitrogens with one attached hydrogen (secondary N) is 2. The third-order valence-electron chi connectivity index (χ3n) is 3.38.